The number of rotatable bonds is 7. The molecule has 0 saturated carbocycles. The van der Waals surface area contributed by atoms with Gasteiger partial charge in [-0.25, -0.2) is 21.9 Å². The molecule has 29 heavy (non-hydrogen) atoms. The molecule has 154 valence electrons. The third kappa shape index (κ3) is 4.60. The summed E-state index contributed by atoms with van der Waals surface area (Å²) >= 11 is 0. The van der Waals surface area contributed by atoms with E-state index in [1.807, 2.05) is 0 Å². The highest BCUT2D eigenvalue weighted by atomic mass is 32.2. The number of nitrogens with zero attached hydrogens (tertiary/aromatic N) is 3. The minimum Gasteiger partial charge on any atom is -0.456 e. The predicted octanol–water partition coefficient (Wildman–Crippen LogP) is 1.23. The first-order valence-electron chi connectivity index (χ1n) is 8.17. The van der Waals surface area contributed by atoms with E-state index in [-0.39, 0.29) is 23.4 Å². The Morgan fingerprint density at radius 3 is 2.52 bits per heavy atom. The highest BCUT2D eigenvalue weighted by molar-refractivity contribution is 7.88. The Morgan fingerprint density at radius 1 is 1.17 bits per heavy atom. The van der Waals surface area contributed by atoms with Gasteiger partial charge in [-0.3, -0.25) is 4.79 Å². The van der Waals surface area contributed by atoms with Gasteiger partial charge >= 0.3 is 11.7 Å². The maximum atomic E-state index is 13.0. The van der Waals surface area contributed by atoms with Crippen molar-refractivity contribution >= 4 is 16.0 Å². The third-order valence-corrected chi connectivity index (χ3v) is 5.41. The molecule has 0 bridgehead atoms. The van der Waals surface area contributed by atoms with Crippen molar-refractivity contribution in [2.75, 3.05) is 14.1 Å². The summed E-state index contributed by atoms with van der Waals surface area (Å²) in [6.07, 6.45) is 0. The predicted molar refractivity (Wildman–Crippen MR) is 95.5 cm³/mol. The van der Waals surface area contributed by atoms with Crippen LogP contribution in [0.5, 0.6) is 0 Å². The molecule has 0 fully saturated rings. The summed E-state index contributed by atoms with van der Waals surface area (Å²) in [4.78, 5) is 23.8. The molecule has 3 aromatic rings. The van der Waals surface area contributed by atoms with Crippen molar-refractivity contribution < 1.29 is 31.2 Å². The van der Waals surface area contributed by atoms with Gasteiger partial charge in [0.05, 0.1) is 0 Å². The van der Waals surface area contributed by atoms with E-state index in [1.54, 1.807) is 0 Å². The van der Waals surface area contributed by atoms with Gasteiger partial charge in [-0.2, -0.15) is 4.68 Å². The van der Waals surface area contributed by atoms with E-state index in [9.17, 15) is 22.4 Å². The Morgan fingerprint density at radius 2 is 1.86 bits per heavy atom. The van der Waals surface area contributed by atoms with Gasteiger partial charge in [-0.1, -0.05) is 0 Å². The number of esters is 1. The zero-order chi connectivity index (χ0) is 21.2. The second-order valence-corrected chi connectivity index (χ2v) is 8.09. The van der Waals surface area contributed by atoms with E-state index < -0.39 is 34.1 Å². The van der Waals surface area contributed by atoms with Gasteiger partial charge in [0.2, 0.25) is 11.0 Å². The molecule has 2 aromatic heterocycles. The molecule has 0 atom stereocenters. The van der Waals surface area contributed by atoms with Gasteiger partial charge in [0.25, 0.3) is 10.0 Å². The summed E-state index contributed by atoms with van der Waals surface area (Å²) in [5.41, 5.74) is 0.362. The normalized spacial score (nSPS) is 11.7. The molecule has 0 radical (unpaired) electrons. The third-order valence-electron chi connectivity index (χ3n) is 3.72. The molecule has 0 amide bonds. The van der Waals surface area contributed by atoms with Gasteiger partial charge in [0.15, 0.2) is 0 Å². The lowest BCUT2D eigenvalue weighted by molar-refractivity contribution is -0.146. The average molecular weight is 425 g/mol. The van der Waals surface area contributed by atoms with Crippen LogP contribution >= 0.6 is 0 Å². The maximum Gasteiger partial charge on any atom is 0.437 e. The molecule has 0 aliphatic rings. The smallest absolute Gasteiger partial charge is 0.437 e. The quantitative estimate of drug-likeness (QED) is 0.518. The Labute approximate surface area is 164 Å². The van der Waals surface area contributed by atoms with E-state index in [1.165, 1.54) is 50.5 Å². The molecule has 0 aliphatic carbocycles. The Bertz CT molecular complexity index is 1180. The number of benzene rings is 1. The second-order valence-electron chi connectivity index (χ2n) is 6.01. The van der Waals surface area contributed by atoms with Gasteiger partial charge in [0, 0.05) is 19.7 Å². The van der Waals surface area contributed by atoms with Crippen LogP contribution in [-0.4, -0.2) is 42.6 Å². The largest absolute Gasteiger partial charge is 0.456 e. The van der Waals surface area contributed by atoms with Crippen LogP contribution in [-0.2, 0) is 32.7 Å². The fourth-order valence-corrected chi connectivity index (χ4v) is 3.00. The Hall–Kier alpha value is -3.25. The first-order chi connectivity index (χ1) is 13.7. The highest BCUT2D eigenvalue weighted by Crippen LogP contribution is 2.18. The van der Waals surface area contributed by atoms with Crippen molar-refractivity contribution in [3.63, 3.8) is 0 Å². The molecule has 0 spiro atoms. The van der Waals surface area contributed by atoms with E-state index in [0.717, 1.165) is 8.99 Å². The van der Waals surface area contributed by atoms with E-state index in [2.05, 4.69) is 5.10 Å². The maximum absolute atomic E-state index is 13.0. The van der Waals surface area contributed by atoms with E-state index >= 15 is 0 Å². The number of sulfonamides is 1. The number of carbonyl (C=O) groups is 1. The lowest BCUT2D eigenvalue weighted by Crippen LogP contribution is -2.23. The lowest BCUT2D eigenvalue weighted by atomic mass is 10.2. The van der Waals surface area contributed by atoms with Crippen LogP contribution < -0.4 is 5.76 Å². The number of furan rings is 1. The minimum atomic E-state index is -3.74. The molecule has 0 N–H and O–H groups in total. The number of hydrogen-bond acceptors (Lipinski definition) is 8. The highest BCUT2D eigenvalue weighted by Gasteiger charge is 2.22. The van der Waals surface area contributed by atoms with Crippen molar-refractivity contribution in [1.29, 1.82) is 0 Å². The molecule has 0 unspecified atom stereocenters. The fourth-order valence-electron chi connectivity index (χ4n) is 2.19. The molecular weight excluding hydrogens is 409 g/mol. The summed E-state index contributed by atoms with van der Waals surface area (Å²) in [5.74, 6) is -2.14. The van der Waals surface area contributed by atoms with Crippen LogP contribution in [0.15, 0.2) is 55.1 Å². The molecule has 10 nitrogen and oxygen atoms in total. The van der Waals surface area contributed by atoms with Gasteiger partial charge in [0.1, 0.15) is 24.7 Å². The SMILES string of the molecule is CN(C)S(=O)(=O)c1ccc(COC(=O)Cn2nc(-c3ccc(F)cc3)oc2=O)o1. The van der Waals surface area contributed by atoms with Crippen molar-refractivity contribution in [2.24, 2.45) is 0 Å². The summed E-state index contributed by atoms with van der Waals surface area (Å²) < 4.78 is 53.7. The number of carbonyl (C=O) groups excluding carboxylic acids is 1. The van der Waals surface area contributed by atoms with Crippen LogP contribution in [0.1, 0.15) is 5.76 Å². The topological polar surface area (TPSA) is 125 Å². The van der Waals surface area contributed by atoms with Crippen LogP contribution in [0.25, 0.3) is 11.5 Å². The molecular formula is C17H16FN3O7S. The van der Waals surface area contributed by atoms with Crippen LogP contribution in [0.3, 0.4) is 0 Å². The van der Waals surface area contributed by atoms with Crippen LogP contribution in [0.2, 0.25) is 0 Å². The van der Waals surface area contributed by atoms with Crippen molar-refractivity contribution in [2.45, 2.75) is 18.2 Å². The monoisotopic (exact) mass is 425 g/mol. The summed E-state index contributed by atoms with van der Waals surface area (Å²) in [5, 5.41) is 3.58. The van der Waals surface area contributed by atoms with Crippen molar-refractivity contribution in [1.82, 2.24) is 14.1 Å². The van der Waals surface area contributed by atoms with E-state index in [0.29, 0.717) is 5.56 Å². The summed E-state index contributed by atoms with van der Waals surface area (Å²) in [7, 11) is -1.03. The molecule has 3 rings (SSSR count). The number of aromatic nitrogens is 2. The van der Waals surface area contributed by atoms with Crippen molar-refractivity contribution in [3.8, 4) is 11.5 Å². The molecule has 0 saturated heterocycles. The Balaban J connectivity index is 1.63. The minimum absolute atomic E-state index is 0.0765. The average Bonchev–Trinajstić information content (AvgIpc) is 3.28. The number of ether oxygens (including phenoxy) is 1. The fraction of sp³-hybridized carbons (Fsp3) is 0.235. The number of halogens is 1. The summed E-state index contributed by atoms with van der Waals surface area (Å²) in [6, 6.07) is 7.71. The number of hydrogen-bond donors (Lipinski definition) is 0. The standard InChI is InChI=1S/C17H16FN3O7S/c1-20(2)29(24,25)15-8-7-13(27-15)10-26-14(22)9-21-17(23)28-16(19-21)11-3-5-12(18)6-4-11/h3-8H,9-10H2,1-2H3. The molecule has 12 heteroatoms. The molecule has 1 aromatic carbocycles. The molecule has 0 aliphatic heterocycles. The molecule has 2 heterocycles. The zero-order valence-corrected chi connectivity index (χ0v) is 16.2. The van der Waals surface area contributed by atoms with Gasteiger partial charge < -0.3 is 13.6 Å². The first kappa shape index (κ1) is 20.5. The van der Waals surface area contributed by atoms with Crippen LogP contribution in [0, 0.1) is 5.82 Å². The van der Waals surface area contributed by atoms with Crippen LogP contribution in [0.4, 0.5) is 4.39 Å². The Kier molecular flexibility index (Phi) is 5.66. The van der Waals surface area contributed by atoms with Gasteiger partial charge in [-0.15, -0.1) is 5.10 Å². The van der Waals surface area contributed by atoms with E-state index in [4.69, 9.17) is 13.6 Å². The van der Waals surface area contributed by atoms with Gasteiger partial charge in [-0.05, 0) is 36.4 Å². The lowest BCUT2D eigenvalue weighted by Gasteiger charge is -2.07. The van der Waals surface area contributed by atoms with Crippen molar-refractivity contribution in [3.05, 3.63) is 58.5 Å². The second kappa shape index (κ2) is 8.01. The summed E-state index contributed by atoms with van der Waals surface area (Å²) in [6.45, 7) is -0.869. The zero-order valence-electron chi connectivity index (χ0n) is 15.4. The first-order valence-corrected chi connectivity index (χ1v) is 9.61.